The molecule has 1 atom stereocenters. The third-order valence-corrected chi connectivity index (χ3v) is 4.13. The van der Waals surface area contributed by atoms with E-state index in [-0.39, 0.29) is 11.7 Å². The van der Waals surface area contributed by atoms with Crippen molar-refractivity contribution in [3.8, 4) is 0 Å². The van der Waals surface area contributed by atoms with Crippen LogP contribution < -0.4 is 15.9 Å². The number of piperazine rings is 1. The molecule has 1 saturated heterocycles. The normalized spacial score (nSPS) is 18.8. The molecule has 1 aromatic heterocycles. The number of aromatic nitrogens is 2. The van der Waals surface area contributed by atoms with Gasteiger partial charge in [-0.3, -0.25) is 4.57 Å². The number of para-hydroxylation sites is 1. The Hall–Kier alpha value is -2.28. The fourth-order valence-electron chi connectivity index (χ4n) is 3.09. The monoisotopic (exact) mass is 332 g/mol. The Labute approximate surface area is 140 Å². The van der Waals surface area contributed by atoms with Gasteiger partial charge >= 0.3 is 11.7 Å². The number of nitrogens with one attached hydrogen (secondary N) is 2. The summed E-state index contributed by atoms with van der Waals surface area (Å²) in [5.74, 6) is -0.257. The van der Waals surface area contributed by atoms with Gasteiger partial charge in [0.2, 0.25) is 0 Å². The molecule has 2 N–H and O–H groups in total. The highest BCUT2D eigenvalue weighted by atomic mass is 16.6. The second-order valence-corrected chi connectivity index (χ2v) is 7.11. The molecule has 2 aromatic rings. The maximum Gasteiger partial charge on any atom is 0.330 e. The average Bonchev–Trinajstić information content (AvgIpc) is 2.80. The SMILES string of the molecule is Cn1c(=O)[nH]c2cccc(N3CCNCC3C(=O)OC(C)(C)C)c21. The molecular formula is C17H24N4O3. The van der Waals surface area contributed by atoms with Crippen molar-refractivity contribution >= 4 is 22.7 Å². The summed E-state index contributed by atoms with van der Waals surface area (Å²) in [6.07, 6.45) is 0. The standard InChI is InChI=1S/C17H24N4O3/c1-17(2,3)24-15(22)13-10-18-8-9-21(13)12-7-5-6-11-14(12)20(4)16(23)19-11/h5-7,13,18H,8-10H2,1-4H3,(H,19,23). The molecule has 1 aliphatic heterocycles. The molecule has 24 heavy (non-hydrogen) atoms. The van der Waals surface area contributed by atoms with E-state index in [0.717, 1.165) is 23.3 Å². The topological polar surface area (TPSA) is 79.4 Å². The van der Waals surface area contributed by atoms with E-state index in [0.29, 0.717) is 13.1 Å². The fraction of sp³-hybridized carbons (Fsp3) is 0.529. The highest BCUT2D eigenvalue weighted by Gasteiger charge is 2.33. The number of rotatable bonds is 2. The van der Waals surface area contributed by atoms with E-state index in [1.165, 1.54) is 0 Å². The second kappa shape index (κ2) is 5.98. The van der Waals surface area contributed by atoms with Gasteiger partial charge in [-0.05, 0) is 32.9 Å². The number of anilines is 1. The number of carbonyl (C=O) groups is 1. The van der Waals surface area contributed by atoms with Crippen LogP contribution in [-0.4, -0.2) is 46.8 Å². The van der Waals surface area contributed by atoms with Gasteiger partial charge in [-0.1, -0.05) is 6.07 Å². The minimum absolute atomic E-state index is 0.165. The number of imidazole rings is 1. The first-order valence-electron chi connectivity index (χ1n) is 8.16. The van der Waals surface area contributed by atoms with Crippen LogP contribution in [0.25, 0.3) is 11.0 Å². The zero-order valence-electron chi connectivity index (χ0n) is 14.5. The second-order valence-electron chi connectivity index (χ2n) is 7.11. The van der Waals surface area contributed by atoms with Crippen LogP contribution in [0.5, 0.6) is 0 Å². The van der Waals surface area contributed by atoms with Crippen LogP contribution in [0, 0.1) is 0 Å². The number of hydrogen-bond acceptors (Lipinski definition) is 5. The highest BCUT2D eigenvalue weighted by Crippen LogP contribution is 2.27. The van der Waals surface area contributed by atoms with Crippen LogP contribution in [0.15, 0.2) is 23.0 Å². The summed E-state index contributed by atoms with van der Waals surface area (Å²) in [4.78, 5) is 29.5. The summed E-state index contributed by atoms with van der Waals surface area (Å²) < 4.78 is 7.16. The lowest BCUT2D eigenvalue weighted by atomic mass is 10.1. The predicted octanol–water partition coefficient (Wildman–Crippen LogP) is 0.986. The van der Waals surface area contributed by atoms with Gasteiger partial charge in [0.1, 0.15) is 11.6 Å². The van der Waals surface area contributed by atoms with Gasteiger partial charge in [0.15, 0.2) is 0 Å². The largest absolute Gasteiger partial charge is 0.458 e. The van der Waals surface area contributed by atoms with Crippen molar-refractivity contribution in [1.29, 1.82) is 0 Å². The molecule has 7 nitrogen and oxygen atoms in total. The van der Waals surface area contributed by atoms with Crippen LogP contribution in [-0.2, 0) is 16.6 Å². The maximum atomic E-state index is 12.6. The summed E-state index contributed by atoms with van der Waals surface area (Å²) in [6.45, 7) is 7.55. The first kappa shape index (κ1) is 16.6. The number of aryl methyl sites for hydroxylation is 1. The average molecular weight is 332 g/mol. The van der Waals surface area contributed by atoms with E-state index >= 15 is 0 Å². The Bertz CT molecular complexity index is 815. The van der Waals surface area contributed by atoms with E-state index in [1.807, 2.05) is 43.9 Å². The Kier molecular flexibility index (Phi) is 4.13. The number of H-pyrrole nitrogens is 1. The van der Waals surface area contributed by atoms with E-state index in [2.05, 4.69) is 10.3 Å². The molecule has 3 rings (SSSR count). The van der Waals surface area contributed by atoms with Gasteiger partial charge in [0.25, 0.3) is 0 Å². The van der Waals surface area contributed by atoms with Crippen molar-refractivity contribution < 1.29 is 9.53 Å². The zero-order valence-corrected chi connectivity index (χ0v) is 14.5. The van der Waals surface area contributed by atoms with Crippen LogP contribution >= 0.6 is 0 Å². The van der Waals surface area contributed by atoms with Gasteiger partial charge in [-0.25, -0.2) is 9.59 Å². The summed E-state index contributed by atoms with van der Waals surface area (Å²) in [6, 6.07) is 5.28. The van der Waals surface area contributed by atoms with Gasteiger partial charge in [-0.15, -0.1) is 0 Å². The first-order chi connectivity index (χ1) is 11.3. The summed E-state index contributed by atoms with van der Waals surface area (Å²) in [7, 11) is 1.73. The smallest absolute Gasteiger partial charge is 0.330 e. The third-order valence-electron chi connectivity index (χ3n) is 4.13. The number of hydrogen-bond donors (Lipinski definition) is 2. The fourth-order valence-corrected chi connectivity index (χ4v) is 3.09. The first-order valence-corrected chi connectivity index (χ1v) is 8.16. The molecule has 1 fully saturated rings. The van der Waals surface area contributed by atoms with Crippen LogP contribution in [0.3, 0.4) is 0 Å². The lowest BCUT2D eigenvalue weighted by molar-refractivity contribution is -0.156. The van der Waals surface area contributed by atoms with Gasteiger partial charge in [0, 0.05) is 26.7 Å². The number of benzene rings is 1. The molecule has 1 aliphatic rings. The summed E-state index contributed by atoms with van der Waals surface area (Å²) in [5, 5.41) is 3.25. The highest BCUT2D eigenvalue weighted by molar-refractivity contribution is 5.92. The molecule has 1 aromatic carbocycles. The molecule has 0 amide bonds. The van der Waals surface area contributed by atoms with Crippen LogP contribution in [0.4, 0.5) is 5.69 Å². The number of fused-ring (bicyclic) bond motifs is 1. The van der Waals surface area contributed by atoms with Crippen molar-refractivity contribution in [2.45, 2.75) is 32.4 Å². The minimum atomic E-state index is -0.535. The van der Waals surface area contributed by atoms with Crippen molar-refractivity contribution in [3.63, 3.8) is 0 Å². The van der Waals surface area contributed by atoms with Crippen LogP contribution in [0.1, 0.15) is 20.8 Å². The van der Waals surface area contributed by atoms with Gasteiger partial charge < -0.3 is 19.9 Å². The lowest BCUT2D eigenvalue weighted by Gasteiger charge is -2.38. The molecule has 2 heterocycles. The molecule has 0 spiro atoms. The van der Waals surface area contributed by atoms with Crippen molar-refractivity contribution in [2.24, 2.45) is 7.05 Å². The quantitative estimate of drug-likeness (QED) is 0.802. The summed E-state index contributed by atoms with van der Waals surface area (Å²) >= 11 is 0. The van der Waals surface area contributed by atoms with Crippen molar-refractivity contribution in [1.82, 2.24) is 14.9 Å². The number of esters is 1. The Morgan fingerprint density at radius 3 is 2.79 bits per heavy atom. The van der Waals surface area contributed by atoms with E-state index in [1.54, 1.807) is 11.6 Å². The van der Waals surface area contributed by atoms with Gasteiger partial charge in [-0.2, -0.15) is 0 Å². The molecular weight excluding hydrogens is 308 g/mol. The van der Waals surface area contributed by atoms with E-state index in [4.69, 9.17) is 4.74 Å². The molecule has 0 saturated carbocycles. The van der Waals surface area contributed by atoms with E-state index in [9.17, 15) is 9.59 Å². The predicted molar refractivity (Wildman–Crippen MR) is 93.4 cm³/mol. The number of nitrogens with zero attached hydrogens (tertiary/aromatic N) is 2. The number of carbonyl (C=O) groups excluding carboxylic acids is 1. The van der Waals surface area contributed by atoms with Crippen molar-refractivity contribution in [3.05, 3.63) is 28.7 Å². The van der Waals surface area contributed by atoms with Crippen LogP contribution in [0.2, 0.25) is 0 Å². The maximum absolute atomic E-state index is 12.6. The zero-order chi connectivity index (χ0) is 17.5. The summed E-state index contributed by atoms with van der Waals surface area (Å²) in [5.41, 5.74) is 1.74. The van der Waals surface area contributed by atoms with E-state index < -0.39 is 11.6 Å². The lowest BCUT2D eigenvalue weighted by Crippen LogP contribution is -2.56. The molecule has 130 valence electrons. The molecule has 1 unspecified atom stereocenters. The van der Waals surface area contributed by atoms with Gasteiger partial charge in [0.05, 0.1) is 16.7 Å². The minimum Gasteiger partial charge on any atom is -0.458 e. The Balaban J connectivity index is 2.03. The Morgan fingerprint density at radius 2 is 2.08 bits per heavy atom. The molecule has 0 bridgehead atoms. The molecule has 0 aliphatic carbocycles. The van der Waals surface area contributed by atoms with Crippen molar-refractivity contribution in [2.75, 3.05) is 24.5 Å². The third kappa shape index (κ3) is 3.03. The number of ether oxygens (including phenoxy) is 1. The Morgan fingerprint density at radius 1 is 1.33 bits per heavy atom. The molecule has 7 heteroatoms. The number of aromatic amines is 1. The molecule has 0 radical (unpaired) electrons.